The number of benzene rings is 1. The highest BCUT2D eigenvalue weighted by molar-refractivity contribution is 5.97. The molecule has 1 heterocycles. The molecule has 154 valence electrons. The van der Waals surface area contributed by atoms with Crippen molar-refractivity contribution < 1.29 is 9.59 Å². The van der Waals surface area contributed by atoms with Crippen LogP contribution in [0.1, 0.15) is 43.5 Å². The molecule has 1 unspecified atom stereocenters. The maximum atomic E-state index is 12.3. The summed E-state index contributed by atoms with van der Waals surface area (Å²) in [6, 6.07) is 7.37. The number of anilines is 1. The minimum atomic E-state index is -0.110. The summed E-state index contributed by atoms with van der Waals surface area (Å²) < 4.78 is 0. The lowest BCUT2D eigenvalue weighted by molar-refractivity contribution is -0.116. The largest absolute Gasteiger partial charge is 0.351 e. The van der Waals surface area contributed by atoms with E-state index in [1.165, 1.54) is 0 Å². The van der Waals surface area contributed by atoms with Gasteiger partial charge in [-0.2, -0.15) is 0 Å². The van der Waals surface area contributed by atoms with Crippen molar-refractivity contribution in [2.75, 3.05) is 38.0 Å². The maximum Gasteiger partial charge on any atom is 0.251 e. The van der Waals surface area contributed by atoms with Crippen LogP contribution in [0, 0.1) is 0 Å². The molecule has 1 aliphatic rings. The Morgan fingerprint density at radius 3 is 2.59 bits per heavy atom. The molecule has 3 N–H and O–H groups in total. The average Bonchev–Trinajstić information content (AvgIpc) is 3.11. The average molecular weight is 419 g/mol. The summed E-state index contributed by atoms with van der Waals surface area (Å²) in [5.41, 5.74) is 1.23. The van der Waals surface area contributed by atoms with E-state index in [2.05, 4.69) is 34.7 Å². The number of carbonyl (C=O) groups is 2. The summed E-state index contributed by atoms with van der Waals surface area (Å²) >= 11 is 0. The number of carbonyl (C=O) groups excluding carboxylic acids is 2. The Balaban J connectivity index is 0.00000338. The maximum absolute atomic E-state index is 12.3. The smallest absolute Gasteiger partial charge is 0.251 e. The SMILES string of the molecule is CCN(CC)CCNC(=O)c1cccc(NC(=O)CC2CCCN2)c1.Cl.Cl. The number of amides is 2. The Bertz CT molecular complexity index is 577. The highest BCUT2D eigenvalue weighted by Crippen LogP contribution is 2.13. The Kier molecular flexibility index (Phi) is 13.1. The third-order valence-electron chi connectivity index (χ3n) is 4.61. The molecule has 0 aliphatic carbocycles. The minimum absolute atomic E-state index is 0. The molecular weight excluding hydrogens is 387 g/mol. The molecule has 0 aromatic heterocycles. The fourth-order valence-corrected chi connectivity index (χ4v) is 3.07. The van der Waals surface area contributed by atoms with E-state index in [9.17, 15) is 9.59 Å². The van der Waals surface area contributed by atoms with Gasteiger partial charge in [-0.3, -0.25) is 9.59 Å². The predicted molar refractivity (Wildman–Crippen MR) is 115 cm³/mol. The zero-order valence-corrected chi connectivity index (χ0v) is 17.8. The first-order chi connectivity index (χ1) is 12.1. The molecular formula is C19H32Cl2N4O2. The first-order valence-electron chi connectivity index (χ1n) is 9.26. The van der Waals surface area contributed by atoms with E-state index in [1.54, 1.807) is 18.2 Å². The van der Waals surface area contributed by atoms with Gasteiger partial charge in [-0.1, -0.05) is 19.9 Å². The fraction of sp³-hybridized carbons (Fsp3) is 0.579. The van der Waals surface area contributed by atoms with E-state index in [-0.39, 0.29) is 42.7 Å². The van der Waals surface area contributed by atoms with E-state index in [0.717, 1.165) is 39.0 Å². The molecule has 8 heteroatoms. The third-order valence-corrected chi connectivity index (χ3v) is 4.61. The minimum Gasteiger partial charge on any atom is -0.351 e. The number of rotatable bonds is 9. The second kappa shape index (κ2) is 13.8. The van der Waals surface area contributed by atoms with Gasteiger partial charge >= 0.3 is 0 Å². The van der Waals surface area contributed by atoms with Gasteiger partial charge in [0.25, 0.3) is 5.91 Å². The molecule has 0 spiro atoms. The zero-order valence-electron chi connectivity index (χ0n) is 16.1. The van der Waals surface area contributed by atoms with E-state index >= 15 is 0 Å². The topological polar surface area (TPSA) is 73.5 Å². The number of hydrogen-bond donors (Lipinski definition) is 3. The highest BCUT2D eigenvalue weighted by atomic mass is 35.5. The van der Waals surface area contributed by atoms with Crippen LogP contribution >= 0.6 is 24.8 Å². The molecule has 1 aromatic rings. The highest BCUT2D eigenvalue weighted by Gasteiger charge is 2.17. The lowest BCUT2D eigenvalue weighted by Crippen LogP contribution is -2.34. The van der Waals surface area contributed by atoms with Crippen LogP contribution in [0.2, 0.25) is 0 Å². The molecule has 0 saturated carbocycles. The van der Waals surface area contributed by atoms with E-state index in [1.807, 2.05) is 6.07 Å². The van der Waals surface area contributed by atoms with Gasteiger partial charge in [0, 0.05) is 36.8 Å². The summed E-state index contributed by atoms with van der Waals surface area (Å²) in [5.74, 6) is -0.126. The van der Waals surface area contributed by atoms with Crippen LogP contribution in [0.4, 0.5) is 5.69 Å². The Labute approximate surface area is 174 Å². The summed E-state index contributed by atoms with van der Waals surface area (Å²) in [5, 5.41) is 9.14. The van der Waals surface area contributed by atoms with Gasteiger partial charge in [0.1, 0.15) is 0 Å². The van der Waals surface area contributed by atoms with Gasteiger partial charge in [-0.05, 0) is 50.7 Å². The van der Waals surface area contributed by atoms with Gasteiger partial charge < -0.3 is 20.9 Å². The number of nitrogens with zero attached hydrogens (tertiary/aromatic N) is 1. The van der Waals surface area contributed by atoms with E-state index in [4.69, 9.17) is 0 Å². The van der Waals surface area contributed by atoms with Crippen LogP contribution in [-0.2, 0) is 4.79 Å². The molecule has 1 aliphatic heterocycles. The Hall–Kier alpha value is -1.34. The van der Waals surface area contributed by atoms with Crippen LogP contribution in [-0.4, -0.2) is 55.5 Å². The quantitative estimate of drug-likeness (QED) is 0.576. The zero-order chi connectivity index (χ0) is 18.1. The van der Waals surface area contributed by atoms with Crippen molar-refractivity contribution in [2.45, 2.75) is 39.2 Å². The Morgan fingerprint density at radius 2 is 1.96 bits per heavy atom. The van der Waals surface area contributed by atoms with Gasteiger partial charge in [-0.25, -0.2) is 0 Å². The number of nitrogens with one attached hydrogen (secondary N) is 3. The predicted octanol–water partition coefficient (Wildman–Crippen LogP) is 2.68. The second-order valence-electron chi connectivity index (χ2n) is 6.41. The molecule has 2 rings (SSSR count). The summed E-state index contributed by atoms with van der Waals surface area (Å²) in [6.07, 6.45) is 2.64. The van der Waals surface area contributed by atoms with Crippen molar-refractivity contribution in [1.29, 1.82) is 0 Å². The lowest BCUT2D eigenvalue weighted by atomic mass is 10.1. The standard InChI is InChI=1S/C19H30N4O2.2ClH/c1-3-23(4-2)12-11-21-19(25)15-7-5-8-17(13-15)22-18(24)14-16-9-6-10-20-16;;/h5,7-8,13,16,20H,3-4,6,9-12,14H2,1-2H3,(H,21,25)(H,22,24);2*1H. The normalized spacial score (nSPS) is 15.6. The van der Waals surface area contributed by atoms with Crippen LogP contribution in [0.25, 0.3) is 0 Å². The van der Waals surface area contributed by atoms with Crippen LogP contribution < -0.4 is 16.0 Å². The molecule has 1 aromatic carbocycles. The summed E-state index contributed by atoms with van der Waals surface area (Å²) in [6.45, 7) is 8.61. The molecule has 6 nitrogen and oxygen atoms in total. The van der Waals surface area contributed by atoms with E-state index < -0.39 is 0 Å². The molecule has 1 atom stereocenters. The van der Waals surface area contributed by atoms with Crippen LogP contribution in [0.5, 0.6) is 0 Å². The molecule has 1 saturated heterocycles. The van der Waals surface area contributed by atoms with Gasteiger partial charge in [0.05, 0.1) is 0 Å². The lowest BCUT2D eigenvalue weighted by Gasteiger charge is -2.18. The van der Waals surface area contributed by atoms with Crippen molar-refractivity contribution in [3.63, 3.8) is 0 Å². The molecule has 27 heavy (non-hydrogen) atoms. The van der Waals surface area contributed by atoms with Crippen LogP contribution in [0.3, 0.4) is 0 Å². The van der Waals surface area contributed by atoms with Gasteiger partial charge in [0.2, 0.25) is 5.91 Å². The number of likely N-dealkylation sites (N-methyl/N-ethyl adjacent to an activating group) is 1. The fourth-order valence-electron chi connectivity index (χ4n) is 3.07. The van der Waals surface area contributed by atoms with Crippen molar-refractivity contribution in [1.82, 2.24) is 15.5 Å². The number of hydrogen-bond acceptors (Lipinski definition) is 4. The van der Waals surface area contributed by atoms with E-state index in [0.29, 0.717) is 24.2 Å². The number of halogens is 2. The first-order valence-corrected chi connectivity index (χ1v) is 9.26. The first kappa shape index (κ1) is 25.7. The molecule has 2 amide bonds. The Morgan fingerprint density at radius 1 is 1.22 bits per heavy atom. The van der Waals surface area contributed by atoms with Crippen LogP contribution in [0.15, 0.2) is 24.3 Å². The molecule has 0 bridgehead atoms. The molecule has 0 radical (unpaired) electrons. The van der Waals surface area contributed by atoms with Crippen molar-refractivity contribution in [3.8, 4) is 0 Å². The summed E-state index contributed by atoms with van der Waals surface area (Å²) in [7, 11) is 0. The summed E-state index contributed by atoms with van der Waals surface area (Å²) in [4.78, 5) is 26.6. The van der Waals surface area contributed by atoms with Gasteiger partial charge in [0.15, 0.2) is 0 Å². The molecule has 1 fully saturated rings. The third kappa shape index (κ3) is 8.93. The monoisotopic (exact) mass is 418 g/mol. The van der Waals surface area contributed by atoms with Crippen molar-refractivity contribution in [3.05, 3.63) is 29.8 Å². The van der Waals surface area contributed by atoms with Crippen molar-refractivity contribution in [2.24, 2.45) is 0 Å². The second-order valence-corrected chi connectivity index (χ2v) is 6.41. The van der Waals surface area contributed by atoms with Gasteiger partial charge in [-0.15, -0.1) is 24.8 Å². The van der Waals surface area contributed by atoms with Crippen molar-refractivity contribution >= 4 is 42.3 Å².